The number of anilines is 1. The lowest BCUT2D eigenvalue weighted by Gasteiger charge is -2.33. The molecule has 1 aromatic heterocycles. The smallest absolute Gasteiger partial charge is 0.354 e. The number of rotatable bonds is 7. The first-order chi connectivity index (χ1) is 10.9. The topological polar surface area (TPSA) is 82.5 Å². The van der Waals surface area contributed by atoms with Gasteiger partial charge in [0.2, 0.25) is 0 Å². The van der Waals surface area contributed by atoms with Crippen molar-refractivity contribution in [3.63, 3.8) is 0 Å². The highest BCUT2D eigenvalue weighted by atomic mass is 16.4. The Morgan fingerprint density at radius 2 is 1.87 bits per heavy atom. The number of pyridine rings is 1. The van der Waals surface area contributed by atoms with Crippen LogP contribution in [0, 0.1) is 5.41 Å². The van der Waals surface area contributed by atoms with E-state index in [2.05, 4.69) is 10.3 Å². The minimum Gasteiger partial charge on any atom is -0.477 e. The summed E-state index contributed by atoms with van der Waals surface area (Å²) in [4.78, 5) is 15.1. The molecule has 1 heterocycles. The van der Waals surface area contributed by atoms with Crippen molar-refractivity contribution in [2.24, 2.45) is 5.41 Å². The summed E-state index contributed by atoms with van der Waals surface area (Å²) in [6.45, 7) is 4.62. The van der Waals surface area contributed by atoms with E-state index in [1.165, 1.54) is 6.07 Å². The minimum absolute atomic E-state index is 0.00711. The molecule has 2 rings (SSSR count). The summed E-state index contributed by atoms with van der Waals surface area (Å²) in [7, 11) is 0. The molecule has 0 aliphatic rings. The van der Waals surface area contributed by atoms with E-state index in [4.69, 9.17) is 5.11 Å². The third-order valence-electron chi connectivity index (χ3n) is 4.01. The molecule has 0 fully saturated rings. The van der Waals surface area contributed by atoms with Crippen LogP contribution in [0.2, 0.25) is 0 Å². The Balaban J connectivity index is 2.19. The van der Waals surface area contributed by atoms with E-state index < -0.39 is 5.97 Å². The van der Waals surface area contributed by atoms with Gasteiger partial charge in [0.1, 0.15) is 5.82 Å². The number of carbonyl (C=O) groups is 1. The van der Waals surface area contributed by atoms with Crippen molar-refractivity contribution in [2.45, 2.75) is 19.8 Å². The summed E-state index contributed by atoms with van der Waals surface area (Å²) in [5.74, 6) is -0.479. The van der Waals surface area contributed by atoms with E-state index in [-0.39, 0.29) is 23.6 Å². The van der Waals surface area contributed by atoms with Crippen LogP contribution in [0.1, 0.15) is 35.8 Å². The molecule has 5 nitrogen and oxygen atoms in total. The van der Waals surface area contributed by atoms with E-state index in [9.17, 15) is 9.90 Å². The highest BCUT2D eigenvalue weighted by Crippen LogP contribution is 2.35. The second kappa shape index (κ2) is 7.24. The molecule has 3 N–H and O–H groups in total. The van der Waals surface area contributed by atoms with Gasteiger partial charge in [-0.3, -0.25) is 0 Å². The summed E-state index contributed by atoms with van der Waals surface area (Å²) in [5, 5.41) is 21.9. The molecule has 23 heavy (non-hydrogen) atoms. The number of benzene rings is 1. The van der Waals surface area contributed by atoms with Crippen molar-refractivity contribution in [2.75, 3.05) is 18.5 Å². The Bertz CT molecular complexity index is 656. The average Bonchev–Trinajstić information content (AvgIpc) is 2.56. The van der Waals surface area contributed by atoms with Gasteiger partial charge in [-0.15, -0.1) is 0 Å². The lowest BCUT2D eigenvalue weighted by Crippen LogP contribution is -2.31. The van der Waals surface area contributed by atoms with Gasteiger partial charge in [0.05, 0.1) is 0 Å². The number of aliphatic hydroxyl groups is 1. The molecule has 1 atom stereocenters. The lowest BCUT2D eigenvalue weighted by atomic mass is 9.75. The molecule has 2 aromatic rings. The monoisotopic (exact) mass is 314 g/mol. The first kappa shape index (κ1) is 17.0. The Morgan fingerprint density at radius 3 is 2.48 bits per heavy atom. The van der Waals surface area contributed by atoms with Crippen LogP contribution in [0.5, 0.6) is 0 Å². The van der Waals surface area contributed by atoms with E-state index in [1.54, 1.807) is 12.1 Å². The second-order valence-electron chi connectivity index (χ2n) is 6.20. The van der Waals surface area contributed by atoms with Crippen LogP contribution < -0.4 is 5.32 Å². The molecule has 1 aromatic carbocycles. The maximum Gasteiger partial charge on any atom is 0.354 e. The van der Waals surface area contributed by atoms with Gasteiger partial charge in [0.25, 0.3) is 0 Å². The molecule has 122 valence electrons. The number of aliphatic hydroxyl groups excluding tert-OH is 1. The first-order valence-corrected chi connectivity index (χ1v) is 7.54. The zero-order valence-corrected chi connectivity index (χ0v) is 13.4. The third-order valence-corrected chi connectivity index (χ3v) is 4.01. The lowest BCUT2D eigenvalue weighted by molar-refractivity contribution is 0.0690. The number of aromatic nitrogens is 1. The summed E-state index contributed by atoms with van der Waals surface area (Å²) < 4.78 is 0. The Hall–Kier alpha value is -2.40. The molecule has 0 spiro atoms. The van der Waals surface area contributed by atoms with Crippen LogP contribution in [0.25, 0.3) is 0 Å². The van der Waals surface area contributed by atoms with Gasteiger partial charge in [-0.05, 0) is 23.1 Å². The van der Waals surface area contributed by atoms with Gasteiger partial charge in [0, 0.05) is 19.1 Å². The standard InChI is InChI=1S/C18H22N2O3/c1-18(2,12-21)14(13-7-4-3-5-8-13)11-19-16-10-6-9-15(20-16)17(22)23/h3-10,14,21H,11-12H2,1-2H3,(H,19,20)(H,22,23). The van der Waals surface area contributed by atoms with Gasteiger partial charge < -0.3 is 15.5 Å². The Morgan fingerprint density at radius 1 is 1.17 bits per heavy atom. The third kappa shape index (κ3) is 4.29. The van der Waals surface area contributed by atoms with Crippen molar-refractivity contribution in [3.8, 4) is 0 Å². The van der Waals surface area contributed by atoms with Crippen molar-refractivity contribution in [1.82, 2.24) is 4.98 Å². The molecule has 0 aliphatic heterocycles. The zero-order valence-electron chi connectivity index (χ0n) is 13.4. The SMILES string of the molecule is CC(C)(CO)C(CNc1cccc(C(=O)O)n1)c1ccccc1. The average molecular weight is 314 g/mol. The van der Waals surface area contributed by atoms with Crippen LogP contribution in [0.15, 0.2) is 48.5 Å². The van der Waals surface area contributed by atoms with E-state index in [0.29, 0.717) is 12.4 Å². The molecule has 0 aliphatic carbocycles. The zero-order chi connectivity index (χ0) is 16.9. The molecule has 0 saturated heterocycles. The fourth-order valence-electron chi connectivity index (χ4n) is 2.50. The van der Waals surface area contributed by atoms with Crippen molar-refractivity contribution >= 4 is 11.8 Å². The van der Waals surface area contributed by atoms with Gasteiger partial charge >= 0.3 is 5.97 Å². The fraction of sp³-hybridized carbons (Fsp3) is 0.333. The van der Waals surface area contributed by atoms with Crippen molar-refractivity contribution in [1.29, 1.82) is 0 Å². The van der Waals surface area contributed by atoms with Gasteiger partial charge in [-0.2, -0.15) is 0 Å². The molecular weight excluding hydrogens is 292 g/mol. The highest BCUT2D eigenvalue weighted by Gasteiger charge is 2.30. The summed E-state index contributed by atoms with van der Waals surface area (Å²) in [6.07, 6.45) is 0. The number of aromatic carboxylic acids is 1. The number of nitrogens with one attached hydrogen (secondary N) is 1. The van der Waals surface area contributed by atoms with Crippen LogP contribution in [-0.4, -0.2) is 34.3 Å². The number of nitrogens with zero attached hydrogens (tertiary/aromatic N) is 1. The van der Waals surface area contributed by atoms with Gasteiger partial charge in [0.15, 0.2) is 5.69 Å². The van der Waals surface area contributed by atoms with Crippen molar-refractivity contribution in [3.05, 3.63) is 59.8 Å². The maximum absolute atomic E-state index is 11.0. The first-order valence-electron chi connectivity index (χ1n) is 7.54. The Kier molecular flexibility index (Phi) is 5.34. The van der Waals surface area contributed by atoms with Crippen molar-refractivity contribution < 1.29 is 15.0 Å². The summed E-state index contributed by atoms with van der Waals surface area (Å²) in [5.41, 5.74) is 0.805. The van der Waals surface area contributed by atoms with Crippen LogP contribution in [0.4, 0.5) is 5.82 Å². The normalized spacial score (nSPS) is 12.7. The molecule has 0 radical (unpaired) electrons. The van der Waals surface area contributed by atoms with Gasteiger partial charge in [-0.1, -0.05) is 50.2 Å². The quantitative estimate of drug-likeness (QED) is 0.732. The van der Waals surface area contributed by atoms with Crippen LogP contribution in [-0.2, 0) is 0 Å². The molecule has 0 bridgehead atoms. The number of carboxylic acids is 1. The molecular formula is C18H22N2O3. The molecule has 0 amide bonds. The maximum atomic E-state index is 11.0. The number of carboxylic acid groups (broad SMARTS) is 1. The van der Waals surface area contributed by atoms with Crippen LogP contribution >= 0.6 is 0 Å². The van der Waals surface area contributed by atoms with Crippen LogP contribution in [0.3, 0.4) is 0 Å². The summed E-state index contributed by atoms with van der Waals surface area (Å²) in [6, 6.07) is 14.8. The number of hydrogen-bond donors (Lipinski definition) is 3. The fourth-order valence-corrected chi connectivity index (χ4v) is 2.50. The number of hydrogen-bond acceptors (Lipinski definition) is 4. The van der Waals surface area contributed by atoms with Gasteiger partial charge in [-0.25, -0.2) is 9.78 Å². The van der Waals surface area contributed by atoms with E-state index >= 15 is 0 Å². The molecule has 0 saturated carbocycles. The minimum atomic E-state index is -1.05. The predicted molar refractivity (Wildman–Crippen MR) is 89.7 cm³/mol. The second-order valence-corrected chi connectivity index (χ2v) is 6.20. The molecule has 5 heteroatoms. The van der Waals surface area contributed by atoms with E-state index in [1.807, 2.05) is 44.2 Å². The van der Waals surface area contributed by atoms with E-state index in [0.717, 1.165) is 5.56 Å². The summed E-state index contributed by atoms with van der Waals surface area (Å²) >= 11 is 0. The largest absolute Gasteiger partial charge is 0.477 e. The predicted octanol–water partition coefficient (Wildman–Crippen LogP) is 2.99. The molecule has 1 unspecified atom stereocenters. The Labute approximate surface area is 136 Å². The highest BCUT2D eigenvalue weighted by molar-refractivity contribution is 5.85.